The number of rotatable bonds is 32. The minimum Gasteiger partial charge on any atom is -0.463 e. The molecule has 0 aliphatic rings. The maximum absolute atomic E-state index is 10.6. The molecule has 0 atom stereocenters. The Labute approximate surface area is 306 Å². The summed E-state index contributed by atoms with van der Waals surface area (Å²) in [5.41, 5.74) is 0. The third-order valence-electron chi connectivity index (χ3n) is 5.99. The van der Waals surface area contributed by atoms with E-state index in [0.717, 1.165) is 44.0 Å². The summed E-state index contributed by atoms with van der Waals surface area (Å²) in [4.78, 5) is 10.6. The fourth-order valence-electron chi connectivity index (χ4n) is 4.14. The highest BCUT2D eigenvalue weighted by Crippen LogP contribution is 2.19. The largest absolute Gasteiger partial charge is 0.501 e. The molecular weight excluding hydrogens is 712 g/mol. The smallest absolute Gasteiger partial charge is 0.463 e. The Morgan fingerprint density at radius 1 is 0.551 bits per heavy atom. The quantitative estimate of drug-likeness (QED) is 0.0374. The van der Waals surface area contributed by atoms with Gasteiger partial charge in [0.1, 0.15) is 6.61 Å². The van der Waals surface area contributed by atoms with Crippen LogP contribution in [0.3, 0.4) is 0 Å². The molecular formula is C32H73ClO13Si3. The highest BCUT2D eigenvalue weighted by Gasteiger charge is 2.40. The summed E-state index contributed by atoms with van der Waals surface area (Å²) in [6, 6.07) is 2.62. The minimum absolute atomic E-state index is 0.0605. The molecule has 0 aromatic heterocycles. The summed E-state index contributed by atoms with van der Waals surface area (Å²) >= 11 is 6.13. The van der Waals surface area contributed by atoms with Gasteiger partial charge in [-0.15, -0.1) is 0 Å². The normalized spacial score (nSPS) is 11.8. The van der Waals surface area contributed by atoms with Crippen LogP contribution in [-0.2, 0) is 55.0 Å². The Bertz CT molecular complexity index is 661. The Balaban J connectivity index is -0.000000668. The molecule has 0 fully saturated rings. The fraction of sp³-hybridized carbons (Fsp3) is 0.969. The number of carbonyl (C=O) groups excluding carboxylic acids is 1. The third kappa shape index (κ3) is 37.5. The molecule has 0 heterocycles. The monoisotopic (exact) mass is 784 g/mol. The molecule has 0 aliphatic heterocycles. The first kappa shape index (κ1) is 53.3. The molecule has 49 heavy (non-hydrogen) atoms. The zero-order chi connectivity index (χ0) is 37.7. The topological polar surface area (TPSA) is 139 Å². The molecule has 0 unspecified atom stereocenters. The van der Waals surface area contributed by atoms with E-state index >= 15 is 0 Å². The predicted octanol–water partition coefficient (Wildman–Crippen LogP) is 5.92. The van der Waals surface area contributed by atoms with Crippen LogP contribution in [-0.4, -0.2) is 142 Å². The first-order valence-electron chi connectivity index (χ1n) is 17.9. The maximum Gasteiger partial charge on any atom is 0.501 e. The van der Waals surface area contributed by atoms with Crippen molar-refractivity contribution >= 4 is 42.0 Å². The molecule has 0 spiro atoms. The lowest BCUT2D eigenvalue weighted by Crippen LogP contribution is -2.46. The van der Waals surface area contributed by atoms with Crippen molar-refractivity contribution in [3.63, 3.8) is 0 Å². The van der Waals surface area contributed by atoms with Crippen molar-refractivity contribution in [1.29, 1.82) is 0 Å². The van der Waals surface area contributed by atoms with Crippen molar-refractivity contribution in [1.82, 2.24) is 0 Å². The van der Waals surface area contributed by atoms with Crippen molar-refractivity contribution in [2.24, 2.45) is 0 Å². The maximum atomic E-state index is 10.6. The van der Waals surface area contributed by atoms with E-state index in [1.165, 1.54) is 6.92 Å². The van der Waals surface area contributed by atoms with Gasteiger partial charge in [-0.1, -0.05) is 13.1 Å². The Kier molecular flexibility index (Phi) is 41.0. The summed E-state index contributed by atoms with van der Waals surface area (Å²) in [5.74, 6) is -0.288. The van der Waals surface area contributed by atoms with E-state index in [1.807, 2.05) is 41.5 Å². The second-order valence-corrected chi connectivity index (χ2v) is 23.4. The van der Waals surface area contributed by atoms with Gasteiger partial charge in [0.15, 0.2) is 7.38 Å². The van der Waals surface area contributed by atoms with Crippen LogP contribution in [0, 0.1) is 0 Å². The number of ether oxygens (including phenoxy) is 5. The third-order valence-corrected chi connectivity index (χ3v) is 14.4. The molecule has 0 saturated carbocycles. The van der Waals surface area contributed by atoms with Crippen LogP contribution >= 0.6 is 11.1 Å². The summed E-state index contributed by atoms with van der Waals surface area (Å²) in [6.07, 6.45) is 2.70. The Morgan fingerprint density at radius 2 is 0.898 bits per heavy atom. The number of hydrogen-bond donors (Lipinski definition) is 1. The zero-order valence-corrected chi connectivity index (χ0v) is 36.3. The first-order valence-corrected chi connectivity index (χ1v) is 26.0. The van der Waals surface area contributed by atoms with E-state index < -0.39 is 25.0 Å². The number of esters is 1. The summed E-state index contributed by atoms with van der Waals surface area (Å²) in [7, 11) is -4.73. The van der Waals surface area contributed by atoms with Crippen molar-refractivity contribution in [2.45, 2.75) is 99.0 Å². The fourth-order valence-corrected chi connectivity index (χ4v) is 10.7. The molecule has 0 aromatic carbocycles. The standard InChI is InChI=1S/C13H28O6Si.C11H26O5Si.C8H19ClO2Si/c1-5-17-20(18-6-2,19-7-3)12-8-9-15-10-11-16-13(4)14;1-4-14-17(15-5-2,16-6-3)11-7-9-13-10-8-12;1-10-6-7-11-5-4-8-12(2,3)9/h5-12H2,1-4H3;12H,4-11H2,1-3H3;4-8H2,1-3H3. The van der Waals surface area contributed by atoms with Crippen LogP contribution in [0.1, 0.15) is 67.7 Å². The molecule has 17 heteroatoms. The Hall–Kier alpha value is -0.0294. The molecule has 0 saturated heterocycles. The molecule has 0 rings (SSSR count). The summed E-state index contributed by atoms with van der Waals surface area (Å²) in [6.45, 7) is 25.4. The lowest BCUT2D eigenvalue weighted by molar-refractivity contribution is -0.142. The average Bonchev–Trinajstić information content (AvgIpc) is 3.03. The number of aliphatic hydroxyl groups excluding tert-OH is 1. The van der Waals surface area contributed by atoms with Gasteiger partial charge in [0, 0.05) is 85.6 Å². The number of aliphatic hydroxyl groups is 1. The SMILES string of the molecule is CCO[Si](CCCOCCO)(OCC)OCC.CCO[Si](CCCOCCOC(C)=O)(OCC)OCC.COCCOCCC[Si](C)(C)Cl. The van der Waals surface area contributed by atoms with Gasteiger partial charge in [-0.3, -0.25) is 4.79 Å². The molecule has 13 nitrogen and oxygen atoms in total. The number of halogens is 1. The van der Waals surface area contributed by atoms with Gasteiger partial charge in [-0.2, -0.15) is 11.1 Å². The molecule has 0 amide bonds. The lowest BCUT2D eigenvalue weighted by Gasteiger charge is -2.28. The summed E-state index contributed by atoms with van der Waals surface area (Å²) < 4.78 is 59.9. The van der Waals surface area contributed by atoms with E-state index in [1.54, 1.807) is 7.11 Å². The highest BCUT2D eigenvalue weighted by atomic mass is 35.6. The highest BCUT2D eigenvalue weighted by molar-refractivity contribution is 7.19. The predicted molar refractivity (Wildman–Crippen MR) is 201 cm³/mol. The number of methoxy groups -OCH3 is 1. The first-order chi connectivity index (χ1) is 23.4. The van der Waals surface area contributed by atoms with Gasteiger partial charge in [0.2, 0.25) is 0 Å². The van der Waals surface area contributed by atoms with Crippen molar-refractivity contribution in [3.05, 3.63) is 0 Å². The van der Waals surface area contributed by atoms with Gasteiger partial charge in [0.25, 0.3) is 0 Å². The molecule has 0 aliphatic carbocycles. The molecule has 0 radical (unpaired) electrons. The second kappa shape index (κ2) is 37.7. The lowest BCUT2D eigenvalue weighted by atomic mass is 10.5. The molecule has 298 valence electrons. The van der Waals surface area contributed by atoms with Crippen LogP contribution in [0.5, 0.6) is 0 Å². The van der Waals surface area contributed by atoms with Crippen LogP contribution in [0.15, 0.2) is 0 Å². The van der Waals surface area contributed by atoms with Crippen LogP contribution in [0.25, 0.3) is 0 Å². The van der Waals surface area contributed by atoms with Crippen LogP contribution in [0.2, 0.25) is 31.2 Å². The number of carbonyl (C=O) groups is 1. The van der Waals surface area contributed by atoms with E-state index in [4.69, 9.17) is 66.4 Å². The van der Waals surface area contributed by atoms with Crippen molar-refractivity contribution in [2.75, 3.05) is 106 Å². The van der Waals surface area contributed by atoms with E-state index in [9.17, 15) is 4.79 Å². The second-order valence-electron chi connectivity index (χ2n) is 10.9. The number of hydrogen-bond acceptors (Lipinski definition) is 13. The molecule has 1 N–H and O–H groups in total. The van der Waals surface area contributed by atoms with Crippen molar-refractivity contribution in [3.8, 4) is 0 Å². The Morgan fingerprint density at radius 3 is 1.20 bits per heavy atom. The van der Waals surface area contributed by atoms with Gasteiger partial charge < -0.3 is 55.3 Å². The molecule has 0 aromatic rings. The van der Waals surface area contributed by atoms with Crippen LogP contribution < -0.4 is 0 Å². The van der Waals surface area contributed by atoms with Crippen molar-refractivity contribution < 1.29 is 60.1 Å². The zero-order valence-electron chi connectivity index (χ0n) is 32.6. The summed E-state index contributed by atoms with van der Waals surface area (Å²) in [5, 5.41) is 8.59. The van der Waals surface area contributed by atoms with Gasteiger partial charge in [0.05, 0.1) is 33.0 Å². The average molecular weight is 786 g/mol. The van der Waals surface area contributed by atoms with Crippen LogP contribution in [0.4, 0.5) is 0 Å². The van der Waals surface area contributed by atoms with E-state index in [2.05, 4.69) is 13.1 Å². The van der Waals surface area contributed by atoms with E-state index in [-0.39, 0.29) is 12.6 Å². The minimum atomic E-state index is -2.55. The van der Waals surface area contributed by atoms with Gasteiger partial charge >= 0.3 is 23.6 Å². The van der Waals surface area contributed by atoms with Gasteiger partial charge in [-0.05, 0) is 66.8 Å². The van der Waals surface area contributed by atoms with Gasteiger partial charge in [-0.25, -0.2) is 0 Å². The van der Waals surface area contributed by atoms with E-state index in [0.29, 0.717) is 85.9 Å². The molecule has 0 bridgehead atoms.